The number of phosphoric ester groups is 1. The van der Waals surface area contributed by atoms with Crippen LogP contribution in [0.1, 0.15) is 86.8 Å². The minimum Gasteiger partial charge on any atom is -0.404 e. The van der Waals surface area contributed by atoms with Crippen molar-refractivity contribution in [2.45, 2.75) is 90.5 Å². The summed E-state index contributed by atoms with van der Waals surface area (Å²) in [6.07, 6.45) is 4.98. The van der Waals surface area contributed by atoms with Gasteiger partial charge in [-0.2, -0.15) is 4.98 Å². The van der Waals surface area contributed by atoms with Crippen LogP contribution < -0.4 is 20.9 Å². The van der Waals surface area contributed by atoms with E-state index in [4.69, 9.17) is 23.8 Å². The number of aryl methyl sites for hydroxylation is 1. The van der Waals surface area contributed by atoms with Crippen LogP contribution in [-0.4, -0.2) is 33.9 Å². The van der Waals surface area contributed by atoms with Crippen LogP contribution in [0.15, 0.2) is 89.5 Å². The molecule has 3 aromatic carbocycles. The first-order chi connectivity index (χ1) is 24.6. The minimum atomic E-state index is -4.09. The highest BCUT2D eigenvalue weighted by Crippen LogP contribution is 2.51. The molecule has 0 radical (unpaired) electrons. The molecule has 0 fully saturated rings. The van der Waals surface area contributed by atoms with Crippen LogP contribution >= 0.6 is 7.82 Å². The van der Waals surface area contributed by atoms with Gasteiger partial charge in [0.15, 0.2) is 5.82 Å². The van der Waals surface area contributed by atoms with Crippen LogP contribution in [0.3, 0.4) is 0 Å². The largest absolute Gasteiger partial charge is 0.530 e. The van der Waals surface area contributed by atoms with Gasteiger partial charge < -0.3 is 25.4 Å². The number of amides is 3. The van der Waals surface area contributed by atoms with Crippen LogP contribution in [0.4, 0.5) is 0 Å². The van der Waals surface area contributed by atoms with E-state index in [0.717, 1.165) is 36.8 Å². The number of hydrogen-bond donors (Lipinski definition) is 3. The first kappa shape index (κ1) is 39.0. The predicted octanol–water partition coefficient (Wildman–Crippen LogP) is 6.28. The number of nitrogens with one attached hydrogen (secondary N) is 2. The summed E-state index contributed by atoms with van der Waals surface area (Å²) >= 11 is 0. The highest BCUT2D eigenvalue weighted by molar-refractivity contribution is 7.48. The molecule has 3 amide bonds. The average Bonchev–Trinajstić information content (AvgIpc) is 3.60. The second-order valence-electron chi connectivity index (χ2n) is 12.1. The van der Waals surface area contributed by atoms with E-state index in [9.17, 15) is 18.9 Å². The standard InChI is InChI=1S/C37H46N5O8P/c1-3-4-5-12-17-35-41-37(49-42-35)32(22-23-34(38)44)40-36(45)33(39-27(2)43)24-28-18-20-31(21-19-28)50-51(46,47-25-29-13-8-6-9-14-29)48-26-30-15-10-7-11-16-30/h6-11,13-16,18-21,32-33H,3-5,12,17,22-26H2,1-2H3,(H2,38,44)(H,39,43)(H,40,45)/t32-,33-/m0/s1. The summed E-state index contributed by atoms with van der Waals surface area (Å²) in [5, 5.41) is 9.58. The molecule has 0 unspecified atom stereocenters. The van der Waals surface area contributed by atoms with E-state index < -0.39 is 37.6 Å². The number of carbonyl (C=O) groups is 3. The fourth-order valence-electron chi connectivity index (χ4n) is 5.09. The highest BCUT2D eigenvalue weighted by atomic mass is 31.2. The molecule has 0 spiro atoms. The lowest BCUT2D eigenvalue weighted by atomic mass is 10.0. The van der Waals surface area contributed by atoms with Crippen molar-refractivity contribution in [1.82, 2.24) is 20.8 Å². The molecule has 0 aliphatic carbocycles. The van der Waals surface area contributed by atoms with E-state index in [1.54, 1.807) is 24.3 Å². The maximum Gasteiger partial charge on any atom is 0.530 e. The van der Waals surface area contributed by atoms with E-state index in [-0.39, 0.29) is 44.1 Å². The Kier molecular flexibility index (Phi) is 15.4. The maximum absolute atomic E-state index is 13.8. The number of nitrogens with two attached hydrogens (primary N) is 1. The summed E-state index contributed by atoms with van der Waals surface area (Å²) in [6, 6.07) is 23.2. The van der Waals surface area contributed by atoms with Gasteiger partial charge in [-0.15, -0.1) is 0 Å². The predicted molar refractivity (Wildman–Crippen MR) is 190 cm³/mol. The van der Waals surface area contributed by atoms with Crippen molar-refractivity contribution in [3.63, 3.8) is 0 Å². The molecule has 2 atom stereocenters. The Labute approximate surface area is 298 Å². The molecule has 4 rings (SSSR count). The summed E-state index contributed by atoms with van der Waals surface area (Å²) in [6.45, 7) is 3.45. The Hall–Kier alpha value is -4.84. The van der Waals surface area contributed by atoms with Crippen LogP contribution in [0.5, 0.6) is 5.75 Å². The fraction of sp³-hybridized carbons (Fsp3) is 0.378. The van der Waals surface area contributed by atoms with Crippen molar-refractivity contribution < 1.29 is 37.0 Å². The number of rotatable bonds is 22. The van der Waals surface area contributed by atoms with E-state index in [1.807, 2.05) is 60.7 Å². The van der Waals surface area contributed by atoms with Gasteiger partial charge in [-0.25, -0.2) is 4.57 Å². The molecule has 0 bridgehead atoms. The molecule has 0 saturated heterocycles. The number of nitrogens with zero attached hydrogens (tertiary/aromatic N) is 2. The number of aromatic nitrogens is 2. The van der Waals surface area contributed by atoms with Gasteiger partial charge in [-0.05, 0) is 41.7 Å². The lowest BCUT2D eigenvalue weighted by Gasteiger charge is -2.22. The third-order valence-corrected chi connectivity index (χ3v) is 9.10. The lowest BCUT2D eigenvalue weighted by Crippen LogP contribution is -2.48. The summed E-state index contributed by atoms with van der Waals surface area (Å²) < 4.78 is 36.5. The van der Waals surface area contributed by atoms with Gasteiger partial charge in [0.2, 0.25) is 23.6 Å². The lowest BCUT2D eigenvalue weighted by molar-refractivity contribution is -0.128. The highest BCUT2D eigenvalue weighted by Gasteiger charge is 2.30. The SMILES string of the molecule is CCCCCCc1noc([C@H](CCC(N)=O)NC(=O)[C@H](Cc2ccc(OP(=O)(OCc3ccccc3)OCc3ccccc3)cc2)NC(C)=O)n1. The Morgan fingerprint density at radius 1 is 0.843 bits per heavy atom. The van der Waals surface area contributed by atoms with Crippen molar-refractivity contribution in [2.24, 2.45) is 5.73 Å². The molecule has 4 N–H and O–H groups in total. The zero-order valence-corrected chi connectivity index (χ0v) is 29.9. The van der Waals surface area contributed by atoms with Crippen LogP contribution in [-0.2, 0) is 54.1 Å². The summed E-state index contributed by atoms with van der Waals surface area (Å²) in [5.41, 5.74) is 7.65. The van der Waals surface area contributed by atoms with E-state index >= 15 is 0 Å². The molecule has 14 heteroatoms. The Morgan fingerprint density at radius 3 is 2.04 bits per heavy atom. The number of unbranched alkanes of at least 4 members (excludes halogenated alkanes) is 3. The monoisotopic (exact) mass is 719 g/mol. The zero-order valence-electron chi connectivity index (χ0n) is 29.0. The fourth-order valence-corrected chi connectivity index (χ4v) is 6.26. The quantitative estimate of drug-likeness (QED) is 0.0617. The summed E-state index contributed by atoms with van der Waals surface area (Å²) in [7, 11) is -4.09. The number of carbonyl (C=O) groups excluding carboxylic acids is 3. The number of phosphoric acid groups is 1. The molecule has 1 aromatic heterocycles. The maximum atomic E-state index is 13.8. The number of primary amides is 1. The van der Waals surface area contributed by atoms with Gasteiger partial charge in [0.05, 0.1) is 13.2 Å². The first-order valence-corrected chi connectivity index (χ1v) is 18.5. The van der Waals surface area contributed by atoms with Crippen molar-refractivity contribution in [3.8, 4) is 5.75 Å². The molecule has 0 saturated carbocycles. The van der Waals surface area contributed by atoms with Gasteiger partial charge in [0.1, 0.15) is 17.8 Å². The van der Waals surface area contributed by atoms with Gasteiger partial charge in [-0.1, -0.05) is 104 Å². The van der Waals surface area contributed by atoms with Crippen LogP contribution in [0, 0.1) is 0 Å². The van der Waals surface area contributed by atoms with Crippen molar-refractivity contribution in [1.29, 1.82) is 0 Å². The molecule has 272 valence electrons. The molecule has 4 aromatic rings. The number of hydrogen-bond acceptors (Lipinski definition) is 10. The Morgan fingerprint density at radius 2 is 1.47 bits per heavy atom. The first-order valence-electron chi connectivity index (χ1n) is 17.1. The van der Waals surface area contributed by atoms with Crippen molar-refractivity contribution in [3.05, 3.63) is 113 Å². The molecule has 1 heterocycles. The third-order valence-electron chi connectivity index (χ3n) is 7.77. The van der Waals surface area contributed by atoms with E-state index in [1.165, 1.54) is 6.92 Å². The van der Waals surface area contributed by atoms with Crippen LogP contribution in [0.25, 0.3) is 0 Å². The topological polar surface area (TPSA) is 185 Å². The Balaban J connectivity index is 1.44. The molecular formula is C37H46N5O8P. The number of benzene rings is 3. The average molecular weight is 720 g/mol. The zero-order chi connectivity index (χ0) is 36.5. The van der Waals surface area contributed by atoms with Gasteiger partial charge in [0, 0.05) is 26.2 Å². The van der Waals surface area contributed by atoms with Gasteiger partial charge in [0.25, 0.3) is 0 Å². The second kappa shape index (κ2) is 20.1. The molecular weight excluding hydrogens is 673 g/mol. The molecule has 51 heavy (non-hydrogen) atoms. The smallest absolute Gasteiger partial charge is 0.404 e. The van der Waals surface area contributed by atoms with Crippen molar-refractivity contribution >= 4 is 25.5 Å². The van der Waals surface area contributed by atoms with Gasteiger partial charge >= 0.3 is 7.82 Å². The summed E-state index contributed by atoms with van der Waals surface area (Å²) in [5.74, 6) is -0.585. The van der Waals surface area contributed by atoms with E-state index in [2.05, 4.69) is 27.7 Å². The second-order valence-corrected chi connectivity index (χ2v) is 13.7. The minimum absolute atomic E-state index is 0.00277. The van der Waals surface area contributed by atoms with Crippen LogP contribution in [0.2, 0.25) is 0 Å². The summed E-state index contributed by atoms with van der Waals surface area (Å²) in [4.78, 5) is 41.8. The van der Waals surface area contributed by atoms with Crippen molar-refractivity contribution in [2.75, 3.05) is 0 Å². The molecule has 0 aliphatic heterocycles. The van der Waals surface area contributed by atoms with Gasteiger partial charge in [-0.3, -0.25) is 23.4 Å². The Bertz CT molecular complexity index is 1670. The third kappa shape index (κ3) is 13.8. The normalized spacial score (nSPS) is 12.5. The molecule has 0 aliphatic rings. The van der Waals surface area contributed by atoms with E-state index in [0.29, 0.717) is 17.8 Å². The molecule has 13 nitrogen and oxygen atoms in total.